The van der Waals surface area contributed by atoms with Crippen LogP contribution in [0.3, 0.4) is 0 Å². The van der Waals surface area contributed by atoms with Gasteiger partial charge in [-0.25, -0.2) is 0 Å². The van der Waals surface area contributed by atoms with E-state index in [0.717, 1.165) is 21.9 Å². The standard InChI is InChI=1S/C35H23NO2/c37-31-18-9-22(20-28(31)21-36-35-30-7-2-1-4-23(30)16-19-32(35)38)8-10-24-11-12-27-14-13-25-5-3-6-26-15-17-29(24)34(27)33(25)26/h1-21,37-38H. The molecule has 7 rings (SSSR count). The molecule has 0 fully saturated rings. The molecule has 0 radical (unpaired) electrons. The van der Waals surface area contributed by atoms with Gasteiger partial charge in [0.2, 0.25) is 0 Å². The number of rotatable bonds is 4. The second-order valence-corrected chi connectivity index (χ2v) is 9.58. The summed E-state index contributed by atoms with van der Waals surface area (Å²) in [4.78, 5) is 4.55. The van der Waals surface area contributed by atoms with Crippen molar-refractivity contribution in [1.82, 2.24) is 0 Å². The fraction of sp³-hybridized carbons (Fsp3) is 0. The summed E-state index contributed by atoms with van der Waals surface area (Å²) in [5.74, 6) is 0.234. The Kier molecular flexibility index (Phi) is 5.09. The summed E-state index contributed by atoms with van der Waals surface area (Å²) in [6.07, 6.45) is 5.78. The summed E-state index contributed by atoms with van der Waals surface area (Å²) < 4.78 is 0. The first kappa shape index (κ1) is 22.1. The summed E-state index contributed by atoms with van der Waals surface area (Å²) in [6.45, 7) is 0. The average Bonchev–Trinajstić information content (AvgIpc) is 2.96. The zero-order valence-corrected chi connectivity index (χ0v) is 20.5. The number of nitrogens with zero attached hydrogens (tertiary/aromatic N) is 1. The zero-order chi connectivity index (χ0) is 25.6. The van der Waals surface area contributed by atoms with E-state index in [0.29, 0.717) is 11.3 Å². The zero-order valence-electron chi connectivity index (χ0n) is 20.5. The van der Waals surface area contributed by atoms with Gasteiger partial charge in [-0.1, -0.05) is 103 Å². The molecule has 0 amide bonds. The first-order valence-corrected chi connectivity index (χ1v) is 12.6. The van der Waals surface area contributed by atoms with Gasteiger partial charge in [-0.2, -0.15) is 0 Å². The molecular weight excluding hydrogens is 466 g/mol. The summed E-state index contributed by atoms with van der Waals surface area (Å²) in [5, 5.41) is 30.3. The van der Waals surface area contributed by atoms with Crippen LogP contribution in [-0.2, 0) is 0 Å². The molecule has 7 aromatic carbocycles. The Morgan fingerprint density at radius 3 is 2.05 bits per heavy atom. The summed E-state index contributed by atoms with van der Waals surface area (Å²) in [6, 6.07) is 36.3. The van der Waals surface area contributed by atoms with Crippen molar-refractivity contribution in [3.63, 3.8) is 0 Å². The van der Waals surface area contributed by atoms with E-state index in [1.807, 2.05) is 42.5 Å². The molecule has 38 heavy (non-hydrogen) atoms. The summed E-state index contributed by atoms with van der Waals surface area (Å²) >= 11 is 0. The largest absolute Gasteiger partial charge is 0.507 e. The number of phenols is 2. The number of aromatic hydroxyl groups is 2. The van der Waals surface area contributed by atoms with Crippen LogP contribution in [0.25, 0.3) is 55.2 Å². The Morgan fingerprint density at radius 2 is 1.18 bits per heavy atom. The van der Waals surface area contributed by atoms with E-state index in [1.165, 1.54) is 32.3 Å². The minimum absolute atomic E-state index is 0.101. The Morgan fingerprint density at radius 1 is 0.500 bits per heavy atom. The predicted octanol–water partition coefficient (Wildman–Crippen LogP) is 9.07. The minimum atomic E-state index is 0.101. The van der Waals surface area contributed by atoms with Crippen LogP contribution in [0.5, 0.6) is 11.5 Å². The number of hydrogen-bond acceptors (Lipinski definition) is 3. The van der Waals surface area contributed by atoms with Gasteiger partial charge in [-0.15, -0.1) is 0 Å². The molecule has 0 aliphatic heterocycles. The van der Waals surface area contributed by atoms with Crippen molar-refractivity contribution in [2.24, 2.45) is 4.99 Å². The lowest BCUT2D eigenvalue weighted by Crippen LogP contribution is -1.87. The third-order valence-corrected chi connectivity index (χ3v) is 7.28. The highest BCUT2D eigenvalue weighted by molar-refractivity contribution is 6.24. The Balaban J connectivity index is 1.27. The molecular formula is C35H23NO2. The fourth-order valence-electron chi connectivity index (χ4n) is 5.38. The van der Waals surface area contributed by atoms with Gasteiger partial charge in [0.05, 0.1) is 0 Å². The van der Waals surface area contributed by atoms with E-state index in [4.69, 9.17) is 0 Å². The molecule has 0 unspecified atom stereocenters. The molecule has 2 N–H and O–H groups in total. The van der Waals surface area contributed by atoms with Gasteiger partial charge >= 0.3 is 0 Å². The number of phenolic OH excluding ortho intramolecular Hbond substituents is 2. The number of hydrogen-bond donors (Lipinski definition) is 2. The van der Waals surface area contributed by atoms with Crippen molar-refractivity contribution in [2.45, 2.75) is 0 Å². The molecule has 0 saturated carbocycles. The molecule has 0 spiro atoms. The fourth-order valence-corrected chi connectivity index (χ4v) is 5.38. The Bertz CT molecular complexity index is 2040. The van der Waals surface area contributed by atoms with Gasteiger partial charge in [-0.3, -0.25) is 4.99 Å². The van der Waals surface area contributed by atoms with Crippen molar-refractivity contribution in [2.75, 3.05) is 0 Å². The van der Waals surface area contributed by atoms with Crippen LogP contribution in [-0.4, -0.2) is 16.4 Å². The average molecular weight is 490 g/mol. The van der Waals surface area contributed by atoms with Gasteiger partial charge in [0.15, 0.2) is 0 Å². The topological polar surface area (TPSA) is 52.8 Å². The summed E-state index contributed by atoms with van der Waals surface area (Å²) in [5.41, 5.74) is 3.14. The number of aliphatic imine (C=N–C) groups is 1. The van der Waals surface area contributed by atoms with E-state index in [2.05, 4.69) is 71.7 Å². The van der Waals surface area contributed by atoms with E-state index in [-0.39, 0.29) is 11.5 Å². The third kappa shape index (κ3) is 3.64. The summed E-state index contributed by atoms with van der Waals surface area (Å²) in [7, 11) is 0. The van der Waals surface area contributed by atoms with Crippen LogP contribution in [0.15, 0.2) is 114 Å². The van der Waals surface area contributed by atoms with Crippen molar-refractivity contribution in [3.05, 3.63) is 126 Å². The SMILES string of the molecule is Oc1ccc(C=Cc2ccc3ccc4cccc5ccc2c3c45)cc1C=Nc1c(O)ccc2ccccc12. The second kappa shape index (κ2) is 8.75. The van der Waals surface area contributed by atoms with E-state index in [9.17, 15) is 10.2 Å². The van der Waals surface area contributed by atoms with Gasteiger partial charge in [-0.05, 0) is 67.0 Å². The Hall–Kier alpha value is -5.15. The van der Waals surface area contributed by atoms with Crippen molar-refractivity contribution in [1.29, 1.82) is 0 Å². The van der Waals surface area contributed by atoms with Crippen LogP contribution >= 0.6 is 0 Å². The molecule has 7 aromatic rings. The molecule has 180 valence electrons. The van der Waals surface area contributed by atoms with Gasteiger partial charge in [0.1, 0.15) is 17.2 Å². The molecule has 0 bridgehead atoms. The van der Waals surface area contributed by atoms with Crippen LogP contribution in [0, 0.1) is 0 Å². The first-order valence-electron chi connectivity index (χ1n) is 12.6. The third-order valence-electron chi connectivity index (χ3n) is 7.28. The minimum Gasteiger partial charge on any atom is -0.507 e. The quantitative estimate of drug-likeness (QED) is 0.147. The molecule has 0 atom stereocenters. The van der Waals surface area contributed by atoms with Crippen LogP contribution in [0.4, 0.5) is 5.69 Å². The molecule has 0 aromatic heterocycles. The van der Waals surface area contributed by atoms with Crippen molar-refractivity contribution < 1.29 is 10.2 Å². The molecule has 0 aliphatic rings. The monoisotopic (exact) mass is 489 g/mol. The first-order chi connectivity index (χ1) is 18.7. The lowest BCUT2D eigenvalue weighted by Gasteiger charge is -2.12. The molecule has 0 heterocycles. The molecule has 0 aliphatic carbocycles. The van der Waals surface area contributed by atoms with E-state index < -0.39 is 0 Å². The lowest BCUT2D eigenvalue weighted by molar-refractivity contribution is 0.474. The second-order valence-electron chi connectivity index (χ2n) is 9.58. The van der Waals surface area contributed by atoms with Crippen molar-refractivity contribution >= 4 is 67.1 Å². The maximum absolute atomic E-state index is 10.5. The highest BCUT2D eigenvalue weighted by Crippen LogP contribution is 2.37. The number of benzene rings is 7. The van der Waals surface area contributed by atoms with E-state index in [1.54, 1.807) is 18.3 Å². The van der Waals surface area contributed by atoms with Gasteiger partial charge in [0.25, 0.3) is 0 Å². The normalized spacial score (nSPS) is 12.2. The lowest BCUT2D eigenvalue weighted by atomic mass is 9.92. The van der Waals surface area contributed by atoms with Gasteiger partial charge in [0, 0.05) is 17.2 Å². The molecule has 3 heteroatoms. The van der Waals surface area contributed by atoms with Crippen LogP contribution in [0.2, 0.25) is 0 Å². The molecule has 3 nitrogen and oxygen atoms in total. The smallest absolute Gasteiger partial charge is 0.141 e. The van der Waals surface area contributed by atoms with Gasteiger partial charge < -0.3 is 10.2 Å². The molecule has 0 saturated heterocycles. The highest BCUT2D eigenvalue weighted by Gasteiger charge is 2.10. The predicted molar refractivity (Wildman–Crippen MR) is 160 cm³/mol. The maximum atomic E-state index is 10.5. The van der Waals surface area contributed by atoms with Crippen LogP contribution < -0.4 is 0 Å². The van der Waals surface area contributed by atoms with Crippen LogP contribution in [0.1, 0.15) is 16.7 Å². The Labute approximate surface area is 219 Å². The van der Waals surface area contributed by atoms with E-state index >= 15 is 0 Å². The van der Waals surface area contributed by atoms with Crippen molar-refractivity contribution in [3.8, 4) is 11.5 Å². The maximum Gasteiger partial charge on any atom is 0.141 e. The highest BCUT2D eigenvalue weighted by atomic mass is 16.3. The number of fused-ring (bicyclic) bond motifs is 1.